The number of hydrogen-bond acceptors (Lipinski definition) is 6. The second kappa shape index (κ2) is 9.47. The number of amides is 1. The fourth-order valence-corrected chi connectivity index (χ4v) is 4.59. The zero-order valence-electron chi connectivity index (χ0n) is 19.3. The summed E-state index contributed by atoms with van der Waals surface area (Å²) in [5, 5.41) is 8.40. The van der Waals surface area contributed by atoms with Crippen molar-refractivity contribution >= 4 is 45.8 Å². The molecule has 6 nitrogen and oxygen atoms in total. The largest absolute Gasteiger partial charge is 0.456 e. The first-order valence-electron chi connectivity index (χ1n) is 11.1. The SMILES string of the molecule is C#Cc1c(CC(CC2(F)CC2)NC(=O)OC(C)(C)C)oc2c(NCc3cccs3)cc(Cl)nc12. The first-order chi connectivity index (χ1) is 16.0. The summed E-state index contributed by atoms with van der Waals surface area (Å²) in [6, 6.07) is 5.12. The molecule has 1 amide bonds. The molecule has 1 saturated carbocycles. The van der Waals surface area contributed by atoms with Gasteiger partial charge in [-0.1, -0.05) is 23.6 Å². The average Bonchev–Trinajstić information content (AvgIpc) is 3.12. The molecule has 1 fully saturated rings. The van der Waals surface area contributed by atoms with Crippen molar-refractivity contribution in [1.29, 1.82) is 0 Å². The maximum absolute atomic E-state index is 14.7. The maximum atomic E-state index is 14.7. The van der Waals surface area contributed by atoms with Crippen molar-refractivity contribution in [1.82, 2.24) is 10.3 Å². The standard InChI is InChI=1S/C25H27ClFN3O3S/c1-5-17-19(11-15(13-25(27)8-9-25)29-23(31)33-24(2,3)4)32-22-18(12-20(26)30-21(17)22)28-14-16-7-6-10-34-16/h1,6-7,10,12,15H,8-9,11,13-14H2,2-4H3,(H,28,30)(H,29,31). The predicted octanol–water partition coefficient (Wildman–Crippen LogP) is 6.46. The highest BCUT2D eigenvalue weighted by molar-refractivity contribution is 7.09. The van der Waals surface area contributed by atoms with Crippen molar-refractivity contribution in [3.8, 4) is 12.3 Å². The van der Waals surface area contributed by atoms with E-state index in [4.69, 9.17) is 27.2 Å². The number of alkyl carbamates (subject to hydrolysis) is 1. The Labute approximate surface area is 207 Å². The van der Waals surface area contributed by atoms with Crippen molar-refractivity contribution in [3.05, 3.63) is 44.9 Å². The van der Waals surface area contributed by atoms with Crippen LogP contribution in [0.4, 0.5) is 14.9 Å². The monoisotopic (exact) mass is 503 g/mol. The second-order valence-corrected chi connectivity index (χ2v) is 11.0. The number of carbonyl (C=O) groups excluding carboxylic acids is 1. The number of nitrogens with zero attached hydrogens (tertiary/aromatic N) is 1. The Morgan fingerprint density at radius 3 is 2.85 bits per heavy atom. The molecule has 1 unspecified atom stereocenters. The molecule has 0 aromatic carbocycles. The fourth-order valence-electron chi connectivity index (χ4n) is 3.75. The van der Waals surface area contributed by atoms with E-state index in [0.29, 0.717) is 47.5 Å². The van der Waals surface area contributed by atoms with Gasteiger partial charge < -0.3 is 19.8 Å². The quantitative estimate of drug-likeness (QED) is 0.272. The van der Waals surface area contributed by atoms with Crippen LogP contribution in [0.15, 0.2) is 28.0 Å². The number of thiophene rings is 1. The fraction of sp³-hybridized carbons (Fsp3) is 0.440. The van der Waals surface area contributed by atoms with Crippen molar-refractivity contribution in [2.75, 3.05) is 5.32 Å². The number of aromatic nitrogens is 1. The van der Waals surface area contributed by atoms with Crippen molar-refractivity contribution in [2.45, 2.75) is 70.3 Å². The Morgan fingerprint density at radius 2 is 2.24 bits per heavy atom. The third-order valence-corrected chi connectivity index (χ3v) is 6.49. The van der Waals surface area contributed by atoms with Gasteiger partial charge in [0.1, 0.15) is 27.7 Å². The molecule has 0 radical (unpaired) electrons. The molecule has 3 heterocycles. The minimum absolute atomic E-state index is 0.144. The summed E-state index contributed by atoms with van der Waals surface area (Å²) in [6.45, 7) is 5.90. The van der Waals surface area contributed by atoms with E-state index >= 15 is 0 Å². The van der Waals surface area contributed by atoms with E-state index in [-0.39, 0.29) is 18.0 Å². The van der Waals surface area contributed by atoms with Crippen LogP contribution in [0.25, 0.3) is 11.1 Å². The minimum Gasteiger partial charge on any atom is -0.456 e. The van der Waals surface area contributed by atoms with Gasteiger partial charge in [0.25, 0.3) is 0 Å². The topological polar surface area (TPSA) is 76.4 Å². The number of hydrogen-bond donors (Lipinski definition) is 2. The highest BCUT2D eigenvalue weighted by atomic mass is 35.5. The number of furan rings is 1. The van der Waals surface area contributed by atoms with E-state index in [2.05, 4.69) is 21.5 Å². The van der Waals surface area contributed by atoms with Crippen molar-refractivity contribution in [2.24, 2.45) is 0 Å². The average molecular weight is 504 g/mol. The Bertz CT molecular complexity index is 1220. The van der Waals surface area contributed by atoms with Crippen LogP contribution >= 0.6 is 22.9 Å². The molecule has 9 heteroatoms. The van der Waals surface area contributed by atoms with Gasteiger partial charge in [0.05, 0.1) is 11.3 Å². The Hall–Kier alpha value is -2.76. The second-order valence-electron chi connectivity index (χ2n) is 9.55. The van der Waals surface area contributed by atoms with Gasteiger partial charge in [0.2, 0.25) is 0 Å². The molecule has 1 aliphatic carbocycles. The summed E-state index contributed by atoms with van der Waals surface area (Å²) < 4.78 is 26.2. The van der Waals surface area contributed by atoms with Gasteiger partial charge in [0.15, 0.2) is 5.58 Å². The third kappa shape index (κ3) is 6.02. The number of anilines is 1. The summed E-state index contributed by atoms with van der Waals surface area (Å²) in [5.74, 6) is 3.08. The van der Waals surface area contributed by atoms with Gasteiger partial charge in [-0.3, -0.25) is 0 Å². The lowest BCUT2D eigenvalue weighted by atomic mass is 10.0. The van der Waals surface area contributed by atoms with E-state index in [9.17, 15) is 9.18 Å². The van der Waals surface area contributed by atoms with Crippen LogP contribution in [0.5, 0.6) is 0 Å². The number of rotatable bonds is 8. The molecule has 2 N–H and O–H groups in total. The number of pyridine rings is 1. The molecule has 34 heavy (non-hydrogen) atoms. The normalized spacial score (nSPS) is 15.5. The summed E-state index contributed by atoms with van der Waals surface area (Å²) in [7, 11) is 0. The lowest BCUT2D eigenvalue weighted by Gasteiger charge is -2.24. The molecular weight excluding hydrogens is 477 g/mol. The van der Waals surface area contributed by atoms with Crippen LogP contribution < -0.4 is 10.6 Å². The van der Waals surface area contributed by atoms with E-state index < -0.39 is 23.4 Å². The lowest BCUT2D eigenvalue weighted by molar-refractivity contribution is 0.0491. The van der Waals surface area contributed by atoms with Gasteiger partial charge in [-0.25, -0.2) is 14.2 Å². The van der Waals surface area contributed by atoms with E-state index in [0.717, 1.165) is 4.88 Å². The van der Waals surface area contributed by atoms with Crippen LogP contribution in [-0.2, 0) is 17.7 Å². The number of terminal acetylenes is 1. The molecule has 1 atom stereocenters. The summed E-state index contributed by atoms with van der Waals surface area (Å²) in [5.41, 5.74) is 0.0619. The Kier molecular flexibility index (Phi) is 6.79. The molecule has 4 rings (SSSR count). The van der Waals surface area contributed by atoms with Gasteiger partial charge in [-0.2, -0.15) is 0 Å². The Morgan fingerprint density at radius 1 is 1.47 bits per heavy atom. The first kappa shape index (κ1) is 24.4. The molecule has 180 valence electrons. The number of alkyl halides is 1. The first-order valence-corrected chi connectivity index (χ1v) is 12.3. The molecule has 3 aromatic rings. The zero-order valence-corrected chi connectivity index (χ0v) is 20.9. The van der Waals surface area contributed by atoms with Gasteiger partial charge in [-0.05, 0) is 45.1 Å². The maximum Gasteiger partial charge on any atom is 0.407 e. The molecule has 0 spiro atoms. The van der Waals surface area contributed by atoms with Crippen molar-refractivity contribution in [3.63, 3.8) is 0 Å². The molecular formula is C25H27ClFN3O3S. The van der Waals surface area contributed by atoms with Crippen LogP contribution in [0, 0.1) is 12.3 Å². The lowest BCUT2D eigenvalue weighted by Crippen LogP contribution is -2.41. The van der Waals surface area contributed by atoms with Crippen LogP contribution in [-0.4, -0.2) is 28.4 Å². The highest BCUT2D eigenvalue weighted by Crippen LogP contribution is 2.44. The molecule has 3 aromatic heterocycles. The predicted molar refractivity (Wildman–Crippen MR) is 133 cm³/mol. The van der Waals surface area contributed by atoms with Crippen molar-refractivity contribution < 1.29 is 18.3 Å². The third-order valence-electron chi connectivity index (χ3n) is 5.42. The number of carbonyl (C=O) groups is 1. The highest BCUT2D eigenvalue weighted by Gasteiger charge is 2.45. The van der Waals surface area contributed by atoms with Gasteiger partial charge in [-0.15, -0.1) is 17.8 Å². The number of ether oxygens (including phenoxy) is 1. The molecule has 0 aliphatic heterocycles. The molecule has 1 aliphatic rings. The number of halogens is 2. The van der Waals surface area contributed by atoms with Crippen LogP contribution in [0.1, 0.15) is 56.2 Å². The number of fused-ring (bicyclic) bond motifs is 1. The van der Waals surface area contributed by atoms with E-state index in [1.807, 2.05) is 17.5 Å². The van der Waals surface area contributed by atoms with Gasteiger partial charge in [0, 0.05) is 36.4 Å². The smallest absolute Gasteiger partial charge is 0.407 e. The Balaban J connectivity index is 1.62. The minimum atomic E-state index is -1.29. The summed E-state index contributed by atoms with van der Waals surface area (Å²) >= 11 is 7.90. The van der Waals surface area contributed by atoms with Crippen LogP contribution in [0.2, 0.25) is 5.15 Å². The van der Waals surface area contributed by atoms with Crippen LogP contribution in [0.3, 0.4) is 0 Å². The number of nitrogens with one attached hydrogen (secondary N) is 2. The zero-order chi connectivity index (χ0) is 24.5. The van der Waals surface area contributed by atoms with E-state index in [1.165, 1.54) is 0 Å². The van der Waals surface area contributed by atoms with E-state index in [1.54, 1.807) is 38.2 Å². The molecule has 0 bridgehead atoms. The summed E-state index contributed by atoms with van der Waals surface area (Å²) in [4.78, 5) is 17.9. The summed E-state index contributed by atoms with van der Waals surface area (Å²) in [6.07, 6.45) is 6.48. The van der Waals surface area contributed by atoms with Gasteiger partial charge >= 0.3 is 6.09 Å². The molecule has 0 saturated heterocycles.